The summed E-state index contributed by atoms with van der Waals surface area (Å²) in [4.78, 5) is 8.03. The molecule has 3 heterocycles. The Balaban J connectivity index is 1.48. The number of rotatable bonds is 4. The minimum Gasteiger partial charge on any atom is -0.507 e. The molecular weight excluding hydrogens is 356 g/mol. The highest BCUT2D eigenvalue weighted by atomic mass is 16.3. The van der Waals surface area contributed by atoms with Crippen LogP contribution in [0, 0.1) is 0 Å². The van der Waals surface area contributed by atoms with Gasteiger partial charge in [0.25, 0.3) is 0 Å². The summed E-state index contributed by atoms with van der Waals surface area (Å²) < 4.78 is 0. The van der Waals surface area contributed by atoms with Crippen molar-refractivity contribution in [2.75, 3.05) is 18.0 Å². The predicted molar refractivity (Wildman–Crippen MR) is 105 cm³/mol. The molecule has 2 aromatic heterocycles. The van der Waals surface area contributed by atoms with E-state index in [4.69, 9.17) is 0 Å². The number of nitrogens with one attached hydrogen (secondary N) is 1. The number of benzene rings is 1. The highest BCUT2D eigenvalue weighted by Crippen LogP contribution is 2.29. The standard InChI is InChI=1S/C19H24N8O/c1-19(2,3)23-13-6-9-26(12-13)18-20-11-16(24-25-18)15-5-4-14(10-17(15)28)27-21-7-8-22-27/h4-5,7-8,10-11,13,23,28H,6,9,12H2,1-3H3. The molecule has 28 heavy (non-hydrogen) atoms. The molecule has 1 aromatic carbocycles. The molecule has 0 spiro atoms. The average molecular weight is 380 g/mol. The Bertz CT molecular complexity index is 934. The Kier molecular flexibility index (Phi) is 4.68. The molecule has 146 valence electrons. The van der Waals surface area contributed by atoms with E-state index in [-0.39, 0.29) is 11.3 Å². The molecular formula is C19H24N8O. The van der Waals surface area contributed by atoms with Gasteiger partial charge in [-0.25, -0.2) is 4.98 Å². The second kappa shape index (κ2) is 7.16. The van der Waals surface area contributed by atoms with Crippen LogP contribution in [0.25, 0.3) is 16.9 Å². The fourth-order valence-electron chi connectivity index (χ4n) is 3.42. The van der Waals surface area contributed by atoms with Crippen molar-refractivity contribution in [2.45, 2.75) is 38.8 Å². The Morgan fingerprint density at radius 2 is 1.93 bits per heavy atom. The van der Waals surface area contributed by atoms with Gasteiger partial charge in [-0.15, -0.1) is 10.2 Å². The van der Waals surface area contributed by atoms with E-state index in [0.29, 0.717) is 28.9 Å². The quantitative estimate of drug-likeness (QED) is 0.706. The zero-order chi connectivity index (χ0) is 19.7. The van der Waals surface area contributed by atoms with Crippen LogP contribution in [0.15, 0.2) is 36.8 Å². The van der Waals surface area contributed by atoms with Crippen molar-refractivity contribution in [3.8, 4) is 22.7 Å². The van der Waals surface area contributed by atoms with Crippen molar-refractivity contribution in [1.82, 2.24) is 35.5 Å². The van der Waals surface area contributed by atoms with Gasteiger partial charge >= 0.3 is 0 Å². The minimum absolute atomic E-state index is 0.0780. The SMILES string of the molecule is CC(C)(C)NC1CCN(c2ncc(-c3ccc(-n4nccn4)cc3O)nn2)C1. The van der Waals surface area contributed by atoms with E-state index >= 15 is 0 Å². The predicted octanol–water partition coefficient (Wildman–Crippen LogP) is 1.79. The van der Waals surface area contributed by atoms with Crippen LogP contribution >= 0.6 is 0 Å². The second-order valence-corrected chi connectivity index (χ2v) is 7.99. The lowest BCUT2D eigenvalue weighted by atomic mass is 10.1. The van der Waals surface area contributed by atoms with E-state index in [2.05, 4.69) is 56.4 Å². The molecule has 1 aliphatic heterocycles. The summed E-state index contributed by atoms with van der Waals surface area (Å²) in [5.41, 5.74) is 1.83. The van der Waals surface area contributed by atoms with E-state index in [1.54, 1.807) is 30.7 Å². The largest absolute Gasteiger partial charge is 0.507 e. The molecule has 0 saturated carbocycles. The third kappa shape index (κ3) is 3.94. The van der Waals surface area contributed by atoms with Gasteiger partial charge in [0.1, 0.15) is 11.4 Å². The van der Waals surface area contributed by atoms with Crippen LogP contribution in [0.1, 0.15) is 27.2 Å². The third-order valence-corrected chi connectivity index (χ3v) is 4.56. The van der Waals surface area contributed by atoms with Crippen LogP contribution in [0.2, 0.25) is 0 Å². The van der Waals surface area contributed by atoms with Crippen LogP contribution < -0.4 is 10.2 Å². The second-order valence-electron chi connectivity index (χ2n) is 7.99. The summed E-state index contributed by atoms with van der Waals surface area (Å²) in [5.74, 6) is 0.688. The fourth-order valence-corrected chi connectivity index (χ4v) is 3.42. The zero-order valence-corrected chi connectivity index (χ0v) is 16.2. The number of hydrogen-bond donors (Lipinski definition) is 2. The summed E-state index contributed by atoms with van der Waals surface area (Å²) in [5, 5.41) is 30.7. The lowest BCUT2D eigenvalue weighted by Crippen LogP contribution is -2.45. The molecule has 1 saturated heterocycles. The van der Waals surface area contributed by atoms with Crippen molar-refractivity contribution >= 4 is 5.95 Å². The molecule has 9 heteroatoms. The van der Waals surface area contributed by atoms with Crippen molar-refractivity contribution in [1.29, 1.82) is 0 Å². The van der Waals surface area contributed by atoms with Crippen LogP contribution in [-0.4, -0.2) is 60.0 Å². The highest BCUT2D eigenvalue weighted by molar-refractivity contribution is 5.67. The fraction of sp³-hybridized carbons (Fsp3) is 0.421. The van der Waals surface area contributed by atoms with Gasteiger partial charge in [-0.3, -0.25) is 0 Å². The Morgan fingerprint density at radius 3 is 2.57 bits per heavy atom. The Labute approximate surface area is 163 Å². The summed E-state index contributed by atoms with van der Waals surface area (Å²) in [6.45, 7) is 8.26. The maximum atomic E-state index is 10.4. The molecule has 1 aliphatic rings. The number of hydrogen-bond acceptors (Lipinski definition) is 8. The molecule has 0 aliphatic carbocycles. The van der Waals surface area contributed by atoms with Gasteiger partial charge in [-0.1, -0.05) is 0 Å². The normalized spacial score (nSPS) is 17.2. The topological polar surface area (TPSA) is 105 Å². The molecule has 0 amide bonds. The van der Waals surface area contributed by atoms with Crippen molar-refractivity contribution in [2.24, 2.45) is 0 Å². The number of nitrogens with zero attached hydrogens (tertiary/aromatic N) is 7. The first kappa shape index (κ1) is 18.3. The van der Waals surface area contributed by atoms with Gasteiger partial charge < -0.3 is 15.3 Å². The molecule has 1 atom stereocenters. The first-order valence-corrected chi connectivity index (χ1v) is 9.31. The molecule has 1 unspecified atom stereocenters. The van der Waals surface area contributed by atoms with E-state index in [0.717, 1.165) is 19.5 Å². The van der Waals surface area contributed by atoms with Crippen molar-refractivity contribution < 1.29 is 5.11 Å². The lowest BCUT2D eigenvalue weighted by Gasteiger charge is -2.25. The van der Waals surface area contributed by atoms with Gasteiger partial charge in [0.05, 0.1) is 24.3 Å². The van der Waals surface area contributed by atoms with Crippen LogP contribution in [-0.2, 0) is 0 Å². The van der Waals surface area contributed by atoms with Crippen molar-refractivity contribution in [3.63, 3.8) is 0 Å². The van der Waals surface area contributed by atoms with Gasteiger partial charge in [0.2, 0.25) is 5.95 Å². The number of aromatic nitrogens is 6. The van der Waals surface area contributed by atoms with Crippen LogP contribution in [0.5, 0.6) is 5.75 Å². The molecule has 2 N–H and O–H groups in total. The number of phenolic OH excluding ortho intramolecular Hbond substituents is 1. The highest BCUT2D eigenvalue weighted by Gasteiger charge is 2.27. The number of phenols is 1. The maximum Gasteiger partial charge on any atom is 0.245 e. The summed E-state index contributed by atoms with van der Waals surface area (Å²) in [7, 11) is 0. The zero-order valence-electron chi connectivity index (χ0n) is 16.2. The summed E-state index contributed by atoms with van der Waals surface area (Å²) in [6, 6.07) is 5.58. The van der Waals surface area contributed by atoms with Gasteiger partial charge in [-0.05, 0) is 39.3 Å². The maximum absolute atomic E-state index is 10.4. The van der Waals surface area contributed by atoms with Crippen LogP contribution in [0.3, 0.4) is 0 Å². The van der Waals surface area contributed by atoms with Crippen molar-refractivity contribution in [3.05, 3.63) is 36.8 Å². The van der Waals surface area contributed by atoms with Crippen LogP contribution in [0.4, 0.5) is 5.95 Å². The van der Waals surface area contributed by atoms with Gasteiger partial charge in [0.15, 0.2) is 0 Å². The summed E-state index contributed by atoms with van der Waals surface area (Å²) >= 11 is 0. The Morgan fingerprint density at radius 1 is 1.14 bits per heavy atom. The molecule has 3 aromatic rings. The smallest absolute Gasteiger partial charge is 0.245 e. The monoisotopic (exact) mass is 380 g/mol. The molecule has 4 rings (SSSR count). The average Bonchev–Trinajstić information content (AvgIpc) is 3.32. The third-order valence-electron chi connectivity index (χ3n) is 4.56. The Hall–Kier alpha value is -3.07. The van der Waals surface area contributed by atoms with Gasteiger partial charge in [-0.2, -0.15) is 15.0 Å². The number of aromatic hydroxyl groups is 1. The first-order chi connectivity index (χ1) is 13.4. The first-order valence-electron chi connectivity index (χ1n) is 9.31. The van der Waals surface area contributed by atoms with E-state index in [1.807, 2.05) is 6.07 Å². The molecule has 1 fully saturated rings. The lowest BCUT2D eigenvalue weighted by molar-refractivity contribution is 0.373. The molecule has 9 nitrogen and oxygen atoms in total. The van der Waals surface area contributed by atoms with E-state index in [1.165, 1.54) is 4.80 Å². The van der Waals surface area contributed by atoms with E-state index < -0.39 is 0 Å². The summed E-state index contributed by atoms with van der Waals surface area (Å²) in [6.07, 6.45) is 5.86. The molecule has 0 radical (unpaired) electrons. The molecule has 0 bridgehead atoms. The van der Waals surface area contributed by atoms with Gasteiger partial charge in [0, 0.05) is 36.3 Å². The minimum atomic E-state index is 0.0780. The number of anilines is 1. The van der Waals surface area contributed by atoms with E-state index in [9.17, 15) is 5.11 Å².